The van der Waals surface area contributed by atoms with Crippen LogP contribution in [0.5, 0.6) is 0 Å². The molecule has 0 saturated heterocycles. The first-order valence-corrected chi connectivity index (χ1v) is 6.69. The zero-order valence-corrected chi connectivity index (χ0v) is 11.4. The van der Waals surface area contributed by atoms with Gasteiger partial charge in [0.05, 0.1) is 16.6 Å². The second-order valence-electron chi connectivity index (χ2n) is 4.76. The van der Waals surface area contributed by atoms with Crippen molar-refractivity contribution in [3.63, 3.8) is 0 Å². The van der Waals surface area contributed by atoms with Crippen molar-refractivity contribution in [2.45, 2.75) is 31.3 Å². The zero-order valence-electron chi connectivity index (χ0n) is 9.79. The number of aromatic amines is 1. The van der Waals surface area contributed by atoms with Gasteiger partial charge in [-0.2, -0.15) is 0 Å². The number of fused-ring (bicyclic) bond motifs is 1. The molecule has 1 aromatic heterocycles. The SMILES string of the molecule is COC1(Cc2nc3ccc(Br)cc3[nH]2)CCC1. The molecule has 2 aromatic rings. The van der Waals surface area contributed by atoms with Crippen LogP contribution in [0, 0.1) is 0 Å². The third kappa shape index (κ3) is 2.00. The van der Waals surface area contributed by atoms with Crippen molar-refractivity contribution in [1.82, 2.24) is 9.97 Å². The fraction of sp³-hybridized carbons (Fsp3) is 0.462. The molecule has 3 nitrogen and oxygen atoms in total. The van der Waals surface area contributed by atoms with Crippen LogP contribution in [0.15, 0.2) is 22.7 Å². The third-order valence-electron chi connectivity index (χ3n) is 3.68. The summed E-state index contributed by atoms with van der Waals surface area (Å²) in [5.74, 6) is 1.03. The maximum absolute atomic E-state index is 5.63. The summed E-state index contributed by atoms with van der Waals surface area (Å²) in [6.45, 7) is 0. The number of aromatic nitrogens is 2. The Hall–Kier alpha value is -0.870. The fourth-order valence-electron chi connectivity index (χ4n) is 2.45. The van der Waals surface area contributed by atoms with E-state index < -0.39 is 0 Å². The quantitative estimate of drug-likeness (QED) is 0.942. The average Bonchev–Trinajstić information content (AvgIpc) is 2.65. The van der Waals surface area contributed by atoms with E-state index in [4.69, 9.17) is 4.74 Å². The van der Waals surface area contributed by atoms with Crippen LogP contribution in [-0.2, 0) is 11.2 Å². The number of hydrogen-bond acceptors (Lipinski definition) is 2. The van der Waals surface area contributed by atoms with Crippen LogP contribution in [0.3, 0.4) is 0 Å². The number of nitrogens with zero attached hydrogens (tertiary/aromatic N) is 1. The minimum Gasteiger partial charge on any atom is -0.378 e. The molecule has 0 spiro atoms. The van der Waals surface area contributed by atoms with Gasteiger partial charge in [-0.3, -0.25) is 0 Å². The predicted octanol–water partition coefficient (Wildman–Crippen LogP) is 3.44. The lowest BCUT2D eigenvalue weighted by Crippen LogP contribution is -2.41. The summed E-state index contributed by atoms with van der Waals surface area (Å²) in [6, 6.07) is 6.11. The number of H-pyrrole nitrogens is 1. The Morgan fingerprint density at radius 2 is 2.29 bits per heavy atom. The van der Waals surface area contributed by atoms with Gasteiger partial charge in [0.2, 0.25) is 0 Å². The lowest BCUT2D eigenvalue weighted by atomic mass is 9.77. The van der Waals surface area contributed by atoms with Gasteiger partial charge < -0.3 is 9.72 Å². The molecule has 3 rings (SSSR count). The normalized spacial score (nSPS) is 18.2. The topological polar surface area (TPSA) is 37.9 Å². The number of nitrogens with one attached hydrogen (secondary N) is 1. The summed E-state index contributed by atoms with van der Waals surface area (Å²) >= 11 is 3.47. The van der Waals surface area contributed by atoms with Crippen molar-refractivity contribution in [1.29, 1.82) is 0 Å². The molecule has 0 bridgehead atoms. The summed E-state index contributed by atoms with van der Waals surface area (Å²) < 4.78 is 6.70. The van der Waals surface area contributed by atoms with Crippen molar-refractivity contribution in [3.8, 4) is 0 Å². The van der Waals surface area contributed by atoms with Gasteiger partial charge in [-0.1, -0.05) is 15.9 Å². The predicted molar refractivity (Wildman–Crippen MR) is 71.1 cm³/mol. The molecule has 0 atom stereocenters. The van der Waals surface area contributed by atoms with Gasteiger partial charge >= 0.3 is 0 Å². The maximum atomic E-state index is 5.63. The molecule has 1 fully saturated rings. The van der Waals surface area contributed by atoms with E-state index in [1.54, 1.807) is 7.11 Å². The summed E-state index contributed by atoms with van der Waals surface area (Å²) in [7, 11) is 1.80. The van der Waals surface area contributed by atoms with E-state index in [1.165, 1.54) is 6.42 Å². The molecule has 0 radical (unpaired) electrons. The van der Waals surface area contributed by atoms with E-state index in [2.05, 4.69) is 32.0 Å². The van der Waals surface area contributed by atoms with E-state index in [0.717, 1.165) is 40.6 Å². The molecule has 1 N–H and O–H groups in total. The number of methoxy groups -OCH3 is 1. The van der Waals surface area contributed by atoms with Crippen molar-refractivity contribution < 1.29 is 4.74 Å². The molecule has 90 valence electrons. The van der Waals surface area contributed by atoms with E-state index in [0.29, 0.717) is 0 Å². The summed E-state index contributed by atoms with van der Waals surface area (Å²) in [5, 5.41) is 0. The van der Waals surface area contributed by atoms with Crippen LogP contribution < -0.4 is 0 Å². The van der Waals surface area contributed by atoms with Crippen LogP contribution in [0.4, 0.5) is 0 Å². The highest BCUT2D eigenvalue weighted by Crippen LogP contribution is 2.37. The first kappa shape index (κ1) is 11.2. The number of ether oxygens (including phenoxy) is 1. The molecule has 1 saturated carbocycles. The van der Waals surface area contributed by atoms with Gasteiger partial charge in [0, 0.05) is 18.0 Å². The number of benzene rings is 1. The van der Waals surface area contributed by atoms with Gasteiger partial charge in [-0.25, -0.2) is 4.98 Å². The number of imidazole rings is 1. The third-order valence-corrected chi connectivity index (χ3v) is 4.17. The van der Waals surface area contributed by atoms with Crippen LogP contribution in [0.2, 0.25) is 0 Å². The monoisotopic (exact) mass is 294 g/mol. The van der Waals surface area contributed by atoms with Crippen LogP contribution in [0.25, 0.3) is 11.0 Å². The minimum absolute atomic E-state index is 0.0328. The molecule has 1 aliphatic carbocycles. The number of halogens is 1. The fourth-order valence-corrected chi connectivity index (χ4v) is 2.81. The van der Waals surface area contributed by atoms with Crippen LogP contribution in [-0.4, -0.2) is 22.7 Å². The van der Waals surface area contributed by atoms with Crippen molar-refractivity contribution in [2.24, 2.45) is 0 Å². The molecule has 1 aliphatic rings. The highest BCUT2D eigenvalue weighted by atomic mass is 79.9. The van der Waals surface area contributed by atoms with Gasteiger partial charge in [0.1, 0.15) is 5.82 Å². The van der Waals surface area contributed by atoms with E-state index >= 15 is 0 Å². The molecule has 0 aliphatic heterocycles. The van der Waals surface area contributed by atoms with Gasteiger partial charge in [0.25, 0.3) is 0 Å². The molecule has 0 unspecified atom stereocenters. The Labute approximate surface area is 109 Å². The Morgan fingerprint density at radius 1 is 1.47 bits per heavy atom. The average molecular weight is 295 g/mol. The van der Waals surface area contributed by atoms with Crippen molar-refractivity contribution in [3.05, 3.63) is 28.5 Å². The summed E-state index contributed by atoms with van der Waals surface area (Å²) in [5.41, 5.74) is 2.14. The first-order chi connectivity index (χ1) is 8.21. The largest absolute Gasteiger partial charge is 0.378 e. The molecule has 1 aromatic carbocycles. The summed E-state index contributed by atoms with van der Waals surface area (Å²) in [6.07, 6.45) is 4.43. The lowest BCUT2D eigenvalue weighted by molar-refractivity contribution is -0.0719. The van der Waals surface area contributed by atoms with Gasteiger partial charge in [-0.15, -0.1) is 0 Å². The minimum atomic E-state index is 0.0328. The van der Waals surface area contributed by atoms with Gasteiger partial charge in [-0.05, 0) is 37.5 Å². The van der Waals surface area contributed by atoms with E-state index in [-0.39, 0.29) is 5.60 Å². The first-order valence-electron chi connectivity index (χ1n) is 5.90. The highest BCUT2D eigenvalue weighted by molar-refractivity contribution is 9.10. The smallest absolute Gasteiger partial charge is 0.110 e. The van der Waals surface area contributed by atoms with Crippen molar-refractivity contribution in [2.75, 3.05) is 7.11 Å². The second kappa shape index (κ2) is 4.10. The number of rotatable bonds is 3. The van der Waals surface area contributed by atoms with Gasteiger partial charge in [0.15, 0.2) is 0 Å². The van der Waals surface area contributed by atoms with Crippen LogP contribution >= 0.6 is 15.9 Å². The lowest BCUT2D eigenvalue weighted by Gasteiger charge is -2.39. The molecule has 1 heterocycles. The second-order valence-corrected chi connectivity index (χ2v) is 5.68. The molecule has 0 amide bonds. The Kier molecular flexibility index (Phi) is 2.71. The molecular formula is C13H15BrN2O. The van der Waals surface area contributed by atoms with E-state index in [1.807, 2.05) is 12.1 Å². The van der Waals surface area contributed by atoms with E-state index in [9.17, 15) is 0 Å². The molecular weight excluding hydrogens is 280 g/mol. The molecule has 17 heavy (non-hydrogen) atoms. The Bertz CT molecular complexity index is 540. The highest BCUT2D eigenvalue weighted by Gasteiger charge is 2.37. The Morgan fingerprint density at radius 3 is 2.94 bits per heavy atom. The van der Waals surface area contributed by atoms with Crippen LogP contribution in [0.1, 0.15) is 25.1 Å². The number of hydrogen-bond donors (Lipinski definition) is 1. The molecule has 4 heteroatoms. The maximum Gasteiger partial charge on any atom is 0.110 e. The van der Waals surface area contributed by atoms with Crippen molar-refractivity contribution >= 4 is 27.0 Å². The Balaban J connectivity index is 1.90. The summed E-state index contributed by atoms with van der Waals surface area (Å²) in [4.78, 5) is 7.99. The standard InChI is InChI=1S/C13H15BrN2O/c1-17-13(5-2-6-13)8-12-15-10-4-3-9(14)7-11(10)16-12/h3-4,7H,2,5-6,8H2,1H3,(H,15,16). The zero-order chi connectivity index (χ0) is 11.9.